The third-order valence-electron chi connectivity index (χ3n) is 1.42. The molecule has 1 rings (SSSR count). The van der Waals surface area contributed by atoms with Gasteiger partial charge in [0.2, 0.25) is 5.76 Å². The van der Waals surface area contributed by atoms with Crippen molar-refractivity contribution < 1.29 is 13.9 Å². The Hall–Kier alpha value is -2.03. The van der Waals surface area contributed by atoms with Crippen LogP contribution in [0.2, 0.25) is 0 Å². The van der Waals surface area contributed by atoms with Crippen LogP contribution < -0.4 is 0 Å². The smallest absolute Gasteiger partial charge is 0.379 e. The molecule has 0 bridgehead atoms. The monoisotopic (exact) mass is 190 g/mol. The maximum Gasteiger partial charge on any atom is 0.379 e. The van der Waals surface area contributed by atoms with E-state index in [9.17, 15) is 4.79 Å². The Bertz CT molecular complexity index is 358. The number of carbonyl (C=O) groups is 1. The van der Waals surface area contributed by atoms with Gasteiger partial charge >= 0.3 is 5.97 Å². The van der Waals surface area contributed by atoms with Gasteiger partial charge in [0.05, 0.1) is 6.26 Å². The second-order valence-corrected chi connectivity index (χ2v) is 2.38. The van der Waals surface area contributed by atoms with E-state index in [1.807, 2.05) is 0 Å². The van der Waals surface area contributed by atoms with E-state index < -0.39 is 5.97 Å². The SMILES string of the molecule is C=C/C=C(\C=C)OC(=O)c1ccco1. The van der Waals surface area contributed by atoms with Crippen LogP contribution in [0.25, 0.3) is 0 Å². The first-order chi connectivity index (χ1) is 6.77. The van der Waals surface area contributed by atoms with Gasteiger partial charge < -0.3 is 9.15 Å². The predicted octanol–water partition coefficient (Wildman–Crippen LogP) is 2.69. The summed E-state index contributed by atoms with van der Waals surface area (Å²) >= 11 is 0. The molecular weight excluding hydrogens is 180 g/mol. The molecule has 0 aliphatic heterocycles. The molecular formula is C11H10O3. The van der Waals surface area contributed by atoms with E-state index in [1.54, 1.807) is 6.07 Å². The van der Waals surface area contributed by atoms with Crippen LogP contribution in [0.5, 0.6) is 0 Å². The highest BCUT2D eigenvalue weighted by atomic mass is 16.5. The predicted molar refractivity (Wildman–Crippen MR) is 52.6 cm³/mol. The standard InChI is InChI=1S/C11H10O3/c1-3-6-9(4-2)14-11(12)10-7-5-8-13-10/h3-8H,1-2H2/b9-6+. The number of ether oxygens (including phenoxy) is 1. The molecule has 0 N–H and O–H groups in total. The first kappa shape index (κ1) is 10.1. The maximum atomic E-state index is 11.3. The van der Waals surface area contributed by atoms with Gasteiger partial charge in [0.1, 0.15) is 5.76 Å². The lowest BCUT2D eigenvalue weighted by molar-refractivity contribution is 0.0602. The summed E-state index contributed by atoms with van der Waals surface area (Å²) in [7, 11) is 0. The molecule has 0 fully saturated rings. The Morgan fingerprint density at radius 2 is 2.29 bits per heavy atom. The van der Waals surface area contributed by atoms with Crippen LogP contribution in [0.3, 0.4) is 0 Å². The summed E-state index contributed by atoms with van der Waals surface area (Å²) in [6.07, 6.45) is 5.87. The van der Waals surface area contributed by atoms with Gasteiger partial charge in [0, 0.05) is 0 Å². The highest BCUT2D eigenvalue weighted by Crippen LogP contribution is 2.07. The van der Waals surface area contributed by atoms with Crippen LogP contribution in [-0.2, 0) is 4.74 Å². The van der Waals surface area contributed by atoms with Crippen molar-refractivity contribution in [3.05, 3.63) is 61.3 Å². The quantitative estimate of drug-likeness (QED) is 0.416. The molecule has 1 aromatic heterocycles. The second-order valence-electron chi connectivity index (χ2n) is 2.38. The van der Waals surface area contributed by atoms with E-state index in [2.05, 4.69) is 13.2 Å². The van der Waals surface area contributed by atoms with Gasteiger partial charge in [0.15, 0.2) is 0 Å². The molecule has 0 amide bonds. The normalized spacial score (nSPS) is 10.7. The molecule has 0 atom stereocenters. The van der Waals surface area contributed by atoms with Crippen molar-refractivity contribution in [2.24, 2.45) is 0 Å². The van der Waals surface area contributed by atoms with Gasteiger partial charge in [-0.15, -0.1) is 0 Å². The van der Waals surface area contributed by atoms with Gasteiger partial charge in [-0.2, -0.15) is 0 Å². The topological polar surface area (TPSA) is 39.4 Å². The lowest BCUT2D eigenvalue weighted by Gasteiger charge is -2.00. The van der Waals surface area contributed by atoms with E-state index in [4.69, 9.17) is 9.15 Å². The number of allylic oxidation sites excluding steroid dienone is 3. The summed E-state index contributed by atoms with van der Waals surface area (Å²) in [6.45, 7) is 6.97. The summed E-state index contributed by atoms with van der Waals surface area (Å²) in [4.78, 5) is 11.3. The molecule has 0 saturated heterocycles. The van der Waals surface area contributed by atoms with E-state index in [-0.39, 0.29) is 5.76 Å². The molecule has 0 saturated carbocycles. The minimum Gasteiger partial charge on any atom is -0.457 e. The van der Waals surface area contributed by atoms with Crippen molar-refractivity contribution in [2.45, 2.75) is 0 Å². The second kappa shape index (κ2) is 4.87. The molecule has 0 aromatic carbocycles. The zero-order valence-electron chi connectivity index (χ0n) is 7.60. The van der Waals surface area contributed by atoms with Gasteiger partial charge in [-0.3, -0.25) is 0 Å². The fraction of sp³-hybridized carbons (Fsp3) is 0. The van der Waals surface area contributed by atoms with Crippen molar-refractivity contribution in [3.8, 4) is 0 Å². The van der Waals surface area contributed by atoms with Crippen LogP contribution >= 0.6 is 0 Å². The lowest BCUT2D eigenvalue weighted by atomic mass is 10.4. The average molecular weight is 190 g/mol. The zero-order chi connectivity index (χ0) is 10.4. The van der Waals surface area contributed by atoms with Crippen molar-refractivity contribution >= 4 is 5.97 Å². The van der Waals surface area contributed by atoms with Crippen LogP contribution in [0.4, 0.5) is 0 Å². The van der Waals surface area contributed by atoms with Crippen LogP contribution in [0.1, 0.15) is 10.6 Å². The fourth-order valence-electron chi connectivity index (χ4n) is 0.812. The molecule has 0 spiro atoms. The Labute approximate surface area is 82.0 Å². The van der Waals surface area contributed by atoms with Gasteiger partial charge in [-0.1, -0.05) is 19.2 Å². The third-order valence-corrected chi connectivity index (χ3v) is 1.42. The molecule has 1 heterocycles. The number of hydrogen-bond donors (Lipinski definition) is 0. The van der Waals surface area contributed by atoms with Crippen LogP contribution in [0.15, 0.2) is 60.0 Å². The molecule has 0 unspecified atom stereocenters. The van der Waals surface area contributed by atoms with Crippen molar-refractivity contribution in [3.63, 3.8) is 0 Å². The highest BCUT2D eigenvalue weighted by molar-refractivity contribution is 5.87. The number of carbonyl (C=O) groups excluding carboxylic acids is 1. The van der Waals surface area contributed by atoms with Gasteiger partial charge in [-0.05, 0) is 24.3 Å². The molecule has 3 heteroatoms. The molecule has 0 aliphatic rings. The minimum absolute atomic E-state index is 0.154. The largest absolute Gasteiger partial charge is 0.457 e. The molecule has 0 aliphatic carbocycles. The molecule has 72 valence electrons. The Balaban J connectivity index is 2.69. The van der Waals surface area contributed by atoms with E-state index in [1.165, 1.54) is 30.6 Å². The summed E-state index contributed by atoms with van der Waals surface area (Å²) in [5, 5.41) is 0. The Morgan fingerprint density at radius 1 is 1.50 bits per heavy atom. The first-order valence-corrected chi connectivity index (χ1v) is 3.98. The van der Waals surface area contributed by atoms with Crippen molar-refractivity contribution in [1.82, 2.24) is 0 Å². The molecule has 14 heavy (non-hydrogen) atoms. The van der Waals surface area contributed by atoms with E-state index >= 15 is 0 Å². The third kappa shape index (κ3) is 2.48. The fourth-order valence-corrected chi connectivity index (χ4v) is 0.812. The highest BCUT2D eigenvalue weighted by Gasteiger charge is 2.10. The molecule has 0 radical (unpaired) electrons. The summed E-state index contributed by atoms with van der Waals surface area (Å²) in [5.41, 5.74) is 0. The van der Waals surface area contributed by atoms with Gasteiger partial charge in [-0.25, -0.2) is 4.79 Å². The zero-order valence-corrected chi connectivity index (χ0v) is 7.60. The summed E-state index contributed by atoms with van der Waals surface area (Å²) in [6, 6.07) is 3.14. The molecule has 1 aromatic rings. The van der Waals surface area contributed by atoms with E-state index in [0.29, 0.717) is 5.76 Å². The average Bonchev–Trinajstić information content (AvgIpc) is 2.69. The minimum atomic E-state index is -0.553. The number of hydrogen-bond acceptors (Lipinski definition) is 3. The Morgan fingerprint density at radius 3 is 2.79 bits per heavy atom. The first-order valence-electron chi connectivity index (χ1n) is 3.98. The summed E-state index contributed by atoms with van der Waals surface area (Å²) in [5.74, 6) is -0.0637. The number of furan rings is 1. The number of esters is 1. The van der Waals surface area contributed by atoms with Crippen LogP contribution in [0, 0.1) is 0 Å². The van der Waals surface area contributed by atoms with Crippen LogP contribution in [-0.4, -0.2) is 5.97 Å². The van der Waals surface area contributed by atoms with E-state index in [0.717, 1.165) is 0 Å². The number of rotatable bonds is 4. The summed E-state index contributed by atoms with van der Waals surface area (Å²) < 4.78 is 9.78. The van der Waals surface area contributed by atoms with Crippen molar-refractivity contribution in [1.29, 1.82) is 0 Å². The van der Waals surface area contributed by atoms with Gasteiger partial charge in [0.25, 0.3) is 0 Å². The lowest BCUT2D eigenvalue weighted by Crippen LogP contribution is -2.02. The maximum absolute atomic E-state index is 11.3. The Kier molecular flexibility index (Phi) is 3.49. The molecule has 3 nitrogen and oxygen atoms in total. The van der Waals surface area contributed by atoms with Crippen molar-refractivity contribution in [2.75, 3.05) is 0 Å².